The molecule has 0 aliphatic heterocycles. The molecule has 5 rings (SSSR count). The fourth-order valence-corrected chi connectivity index (χ4v) is 5.48. The molecule has 86 valence electrons. The highest BCUT2D eigenvalue weighted by Gasteiger charge is 2.63. The van der Waals surface area contributed by atoms with Gasteiger partial charge in [0.1, 0.15) is 0 Å². The van der Waals surface area contributed by atoms with Gasteiger partial charge in [-0.25, -0.2) is 0 Å². The van der Waals surface area contributed by atoms with Crippen molar-refractivity contribution in [2.45, 2.75) is 24.4 Å². The second-order valence-corrected chi connectivity index (χ2v) is 6.26. The molecule has 1 aromatic carbocycles. The summed E-state index contributed by atoms with van der Waals surface area (Å²) in [6, 6.07) is 8.98. The number of hydrogen-bond acceptors (Lipinski definition) is 1. The Morgan fingerprint density at radius 1 is 0.882 bits per heavy atom. The Labute approximate surface area is 101 Å². The van der Waals surface area contributed by atoms with E-state index in [0.29, 0.717) is 11.8 Å². The Morgan fingerprint density at radius 2 is 1.41 bits per heavy atom. The molecule has 4 bridgehead atoms. The van der Waals surface area contributed by atoms with E-state index in [1.165, 1.54) is 6.42 Å². The largest absolute Gasteiger partial charge is 0.392 e. The van der Waals surface area contributed by atoms with Crippen LogP contribution in [-0.4, -0.2) is 11.2 Å². The van der Waals surface area contributed by atoms with Gasteiger partial charge in [-0.1, -0.05) is 36.4 Å². The highest BCUT2D eigenvalue weighted by Crippen LogP contribution is 2.69. The van der Waals surface area contributed by atoms with E-state index in [-0.39, 0.29) is 6.10 Å². The Bertz CT molecular complexity index is 487. The Kier molecular flexibility index (Phi) is 1.40. The minimum absolute atomic E-state index is 0.0791. The molecule has 2 saturated carbocycles. The first-order chi connectivity index (χ1) is 8.36. The summed E-state index contributed by atoms with van der Waals surface area (Å²) in [7, 11) is 0. The molecule has 6 atom stereocenters. The Hall–Kier alpha value is -1.08. The maximum atomic E-state index is 10.3. The zero-order valence-corrected chi connectivity index (χ0v) is 9.66. The molecule has 0 radical (unpaired) electrons. The summed E-state index contributed by atoms with van der Waals surface area (Å²) < 4.78 is 0. The van der Waals surface area contributed by atoms with Crippen LogP contribution in [0.3, 0.4) is 0 Å². The van der Waals surface area contributed by atoms with Gasteiger partial charge < -0.3 is 5.11 Å². The van der Waals surface area contributed by atoms with Crippen LogP contribution in [0.5, 0.6) is 0 Å². The molecule has 4 aliphatic rings. The lowest BCUT2D eigenvalue weighted by atomic mass is 9.71. The number of benzene rings is 1. The zero-order chi connectivity index (χ0) is 11.1. The summed E-state index contributed by atoms with van der Waals surface area (Å²) in [4.78, 5) is 0. The second kappa shape index (κ2) is 2.67. The van der Waals surface area contributed by atoms with Gasteiger partial charge in [0, 0.05) is 11.8 Å². The van der Waals surface area contributed by atoms with E-state index >= 15 is 0 Å². The summed E-state index contributed by atoms with van der Waals surface area (Å²) in [5.74, 6) is 3.84. The second-order valence-electron chi connectivity index (χ2n) is 6.26. The van der Waals surface area contributed by atoms with Crippen molar-refractivity contribution in [1.29, 1.82) is 0 Å². The van der Waals surface area contributed by atoms with Crippen molar-refractivity contribution in [3.8, 4) is 0 Å². The zero-order valence-electron chi connectivity index (χ0n) is 9.66. The number of aliphatic hydroxyl groups excluding tert-OH is 1. The molecule has 0 spiro atoms. The summed E-state index contributed by atoms with van der Waals surface area (Å²) in [6.07, 6.45) is 5.85. The van der Waals surface area contributed by atoms with Crippen molar-refractivity contribution in [3.63, 3.8) is 0 Å². The van der Waals surface area contributed by atoms with Crippen LogP contribution in [0.2, 0.25) is 0 Å². The van der Waals surface area contributed by atoms with Crippen molar-refractivity contribution in [1.82, 2.24) is 0 Å². The average molecular weight is 224 g/mol. The van der Waals surface area contributed by atoms with E-state index in [9.17, 15) is 5.11 Å². The van der Waals surface area contributed by atoms with E-state index in [4.69, 9.17) is 0 Å². The molecule has 0 heterocycles. The topological polar surface area (TPSA) is 20.2 Å². The van der Waals surface area contributed by atoms with Crippen molar-refractivity contribution in [3.05, 3.63) is 47.5 Å². The molecule has 17 heavy (non-hydrogen) atoms. The fraction of sp³-hybridized carbons (Fsp3) is 0.500. The van der Waals surface area contributed by atoms with Crippen molar-refractivity contribution < 1.29 is 5.11 Å². The van der Waals surface area contributed by atoms with E-state index in [1.807, 2.05) is 0 Å². The van der Waals surface area contributed by atoms with Gasteiger partial charge in [-0.3, -0.25) is 0 Å². The molecule has 2 fully saturated rings. The van der Waals surface area contributed by atoms with Gasteiger partial charge in [0.2, 0.25) is 0 Å². The lowest BCUT2D eigenvalue weighted by Gasteiger charge is -2.33. The molecule has 1 N–H and O–H groups in total. The highest BCUT2D eigenvalue weighted by atomic mass is 16.3. The third kappa shape index (κ3) is 0.826. The van der Waals surface area contributed by atoms with Crippen LogP contribution in [0.1, 0.15) is 29.4 Å². The smallest absolute Gasteiger partial charge is 0.0671 e. The van der Waals surface area contributed by atoms with Crippen LogP contribution in [0.4, 0.5) is 0 Å². The van der Waals surface area contributed by atoms with Gasteiger partial charge in [-0.2, -0.15) is 0 Å². The van der Waals surface area contributed by atoms with Crippen LogP contribution < -0.4 is 0 Å². The summed E-state index contributed by atoms with van der Waals surface area (Å²) in [6.45, 7) is 0. The minimum Gasteiger partial charge on any atom is -0.392 e. The monoisotopic (exact) mass is 224 g/mol. The molecule has 1 aromatic rings. The molecule has 1 nitrogen and oxygen atoms in total. The van der Waals surface area contributed by atoms with Crippen LogP contribution >= 0.6 is 0 Å². The van der Waals surface area contributed by atoms with E-state index in [1.54, 1.807) is 11.1 Å². The number of aliphatic hydroxyl groups is 1. The molecule has 0 amide bonds. The van der Waals surface area contributed by atoms with Crippen LogP contribution in [0.25, 0.3) is 0 Å². The third-order valence-electron chi connectivity index (χ3n) is 5.91. The predicted octanol–water partition coefficient (Wildman–Crippen LogP) is 2.68. The van der Waals surface area contributed by atoms with Gasteiger partial charge in [0.25, 0.3) is 0 Å². The molecule has 0 saturated heterocycles. The van der Waals surface area contributed by atoms with E-state index < -0.39 is 0 Å². The first-order valence-corrected chi connectivity index (χ1v) is 6.81. The van der Waals surface area contributed by atoms with E-state index in [0.717, 1.165) is 23.7 Å². The lowest BCUT2D eigenvalue weighted by molar-refractivity contribution is 0.121. The minimum atomic E-state index is -0.0791. The Morgan fingerprint density at radius 3 is 1.94 bits per heavy atom. The normalized spacial score (nSPS) is 51.9. The lowest BCUT2D eigenvalue weighted by Crippen LogP contribution is -2.25. The van der Waals surface area contributed by atoms with Crippen molar-refractivity contribution in [2.75, 3.05) is 0 Å². The SMILES string of the molecule is OC1[C@H]2C=C[C@H]1[C@@H]1[C@@H]2[C@H]2C[C@H]1c1ccccc12. The van der Waals surface area contributed by atoms with Gasteiger partial charge in [-0.15, -0.1) is 0 Å². The van der Waals surface area contributed by atoms with Crippen LogP contribution in [-0.2, 0) is 0 Å². The van der Waals surface area contributed by atoms with E-state index in [2.05, 4.69) is 36.4 Å². The highest BCUT2D eigenvalue weighted by molar-refractivity contribution is 5.46. The molecule has 1 heteroatoms. The van der Waals surface area contributed by atoms with Gasteiger partial charge in [-0.05, 0) is 41.2 Å². The molecule has 0 aromatic heterocycles. The molecular formula is C16H16O. The van der Waals surface area contributed by atoms with Gasteiger partial charge in [0.05, 0.1) is 6.10 Å². The first-order valence-electron chi connectivity index (χ1n) is 6.81. The molecule has 0 unspecified atom stereocenters. The maximum Gasteiger partial charge on any atom is 0.0671 e. The van der Waals surface area contributed by atoms with Crippen LogP contribution in [0.15, 0.2) is 36.4 Å². The number of fused-ring (bicyclic) bond motifs is 12. The van der Waals surface area contributed by atoms with Gasteiger partial charge in [0.15, 0.2) is 0 Å². The fourth-order valence-electron chi connectivity index (χ4n) is 5.48. The predicted molar refractivity (Wildman–Crippen MR) is 65.6 cm³/mol. The maximum absolute atomic E-state index is 10.3. The quantitative estimate of drug-likeness (QED) is 0.530. The Balaban J connectivity index is 1.71. The summed E-state index contributed by atoms with van der Waals surface area (Å²) >= 11 is 0. The first kappa shape index (κ1) is 8.93. The third-order valence-corrected chi connectivity index (χ3v) is 5.91. The number of rotatable bonds is 0. The van der Waals surface area contributed by atoms with Crippen molar-refractivity contribution in [2.24, 2.45) is 23.7 Å². The van der Waals surface area contributed by atoms with Gasteiger partial charge >= 0.3 is 0 Å². The summed E-state index contributed by atoms with van der Waals surface area (Å²) in [5, 5.41) is 10.3. The standard InChI is InChI=1S/C16H16O/c17-16-10-5-6-11(16)15-13-7-12(14(10)15)8-3-1-2-4-9(8)13/h1-6,10-17H,7H2/t10-,11-,12-,13-,14-,15-/m0/s1. The van der Waals surface area contributed by atoms with Crippen LogP contribution in [0, 0.1) is 23.7 Å². The molecule has 4 aliphatic carbocycles. The van der Waals surface area contributed by atoms with Crippen molar-refractivity contribution >= 4 is 0 Å². The summed E-state index contributed by atoms with van der Waals surface area (Å²) in [5.41, 5.74) is 3.18. The number of hydrogen-bond donors (Lipinski definition) is 1. The average Bonchev–Trinajstić information content (AvgIpc) is 3.07. The molecular weight excluding hydrogens is 208 g/mol.